The molecule has 5 rings (SSSR count). The van der Waals surface area contributed by atoms with Gasteiger partial charge >= 0.3 is 0 Å². The summed E-state index contributed by atoms with van der Waals surface area (Å²) in [6.45, 7) is 2.58. The normalized spacial score (nSPS) is 17.9. The number of hydrogen-bond acceptors (Lipinski definition) is 8. The van der Waals surface area contributed by atoms with Crippen molar-refractivity contribution in [1.82, 2.24) is 14.5 Å². The number of ether oxygens (including phenoxy) is 2. The molecule has 1 saturated heterocycles. The second-order valence-corrected chi connectivity index (χ2v) is 10.6. The third-order valence-electron chi connectivity index (χ3n) is 5.69. The van der Waals surface area contributed by atoms with Gasteiger partial charge in [-0.25, -0.2) is 8.42 Å². The number of fused-ring (bicyclic) bond motifs is 1. The fourth-order valence-corrected chi connectivity index (χ4v) is 6.54. The van der Waals surface area contributed by atoms with Crippen LogP contribution in [0.2, 0.25) is 0 Å². The van der Waals surface area contributed by atoms with Gasteiger partial charge in [-0.1, -0.05) is 30.4 Å². The third kappa shape index (κ3) is 4.19. The van der Waals surface area contributed by atoms with Crippen molar-refractivity contribution in [3.63, 3.8) is 0 Å². The highest BCUT2D eigenvalue weighted by Gasteiger charge is 2.38. The summed E-state index contributed by atoms with van der Waals surface area (Å²) in [4.78, 5) is 13.0. The number of nitrogens with one attached hydrogen (secondary N) is 1. The summed E-state index contributed by atoms with van der Waals surface area (Å²) in [7, 11) is -3.68. The monoisotopic (exact) mass is 486 g/mol. The van der Waals surface area contributed by atoms with Gasteiger partial charge in [0.25, 0.3) is 5.91 Å². The van der Waals surface area contributed by atoms with Gasteiger partial charge in [0, 0.05) is 18.3 Å². The molecular formula is C22H22N4O5S2. The molecule has 11 heteroatoms. The standard InChI is InChI=1S/C22H22N4O5S2/c1-2-14-5-8-16(9-6-14)33(28,29)26-11-3-4-17(26)21-24-25-22(32-21)20(27)23-15-7-10-18-19(12-15)31-13-30-18/h5-10,12,17H,2-4,11,13H2,1H3,(H,23,27)/t17-/m1/s1. The minimum absolute atomic E-state index is 0.149. The average Bonchev–Trinajstić information content (AvgIpc) is 3.58. The SMILES string of the molecule is CCc1ccc(S(=O)(=O)N2CCC[C@@H]2c2nnc(C(=O)Nc3ccc4c(c3)OCO4)s2)cc1. The molecule has 0 radical (unpaired) electrons. The summed E-state index contributed by atoms with van der Waals surface area (Å²) in [6.07, 6.45) is 2.19. The summed E-state index contributed by atoms with van der Waals surface area (Å²) < 4.78 is 38.6. The number of carbonyl (C=O) groups is 1. The Hall–Kier alpha value is -3.02. The molecule has 3 aromatic rings. The van der Waals surface area contributed by atoms with Crippen LogP contribution in [0.1, 0.15) is 46.2 Å². The molecule has 2 aliphatic heterocycles. The first kappa shape index (κ1) is 21.8. The summed E-state index contributed by atoms with van der Waals surface area (Å²) in [6, 6.07) is 11.6. The molecule has 3 heterocycles. The van der Waals surface area contributed by atoms with Crippen molar-refractivity contribution in [2.45, 2.75) is 37.1 Å². The van der Waals surface area contributed by atoms with Crippen molar-refractivity contribution < 1.29 is 22.7 Å². The lowest BCUT2D eigenvalue weighted by atomic mass is 10.2. The van der Waals surface area contributed by atoms with E-state index in [1.807, 2.05) is 19.1 Å². The van der Waals surface area contributed by atoms with Gasteiger partial charge in [0.1, 0.15) is 5.01 Å². The zero-order chi connectivity index (χ0) is 23.0. The lowest BCUT2D eigenvalue weighted by Gasteiger charge is -2.22. The molecule has 1 fully saturated rings. The number of nitrogens with zero attached hydrogens (tertiary/aromatic N) is 3. The molecule has 9 nitrogen and oxygen atoms in total. The van der Waals surface area contributed by atoms with Crippen LogP contribution in [0.25, 0.3) is 0 Å². The van der Waals surface area contributed by atoms with Gasteiger partial charge in [-0.05, 0) is 49.1 Å². The second kappa shape index (κ2) is 8.73. The fraction of sp³-hybridized carbons (Fsp3) is 0.318. The van der Waals surface area contributed by atoms with Gasteiger partial charge in [0.05, 0.1) is 10.9 Å². The quantitative estimate of drug-likeness (QED) is 0.567. The van der Waals surface area contributed by atoms with Crippen LogP contribution in [-0.4, -0.2) is 42.2 Å². The van der Waals surface area contributed by atoms with Crippen LogP contribution in [0.3, 0.4) is 0 Å². The number of aryl methyl sites for hydroxylation is 1. The first-order chi connectivity index (χ1) is 16.0. The van der Waals surface area contributed by atoms with Crippen LogP contribution in [0.5, 0.6) is 11.5 Å². The smallest absolute Gasteiger partial charge is 0.286 e. The van der Waals surface area contributed by atoms with Crippen LogP contribution in [0, 0.1) is 0 Å². The second-order valence-electron chi connectivity index (χ2n) is 7.74. The van der Waals surface area contributed by atoms with E-state index in [2.05, 4.69) is 15.5 Å². The van der Waals surface area contributed by atoms with Crippen molar-refractivity contribution >= 4 is 33.0 Å². The van der Waals surface area contributed by atoms with Crippen molar-refractivity contribution in [3.8, 4) is 11.5 Å². The predicted octanol–water partition coefficient (Wildman–Crippen LogP) is 3.61. The Balaban J connectivity index is 1.33. The molecular weight excluding hydrogens is 464 g/mol. The molecule has 172 valence electrons. The first-order valence-corrected chi connectivity index (χ1v) is 12.9. The highest BCUT2D eigenvalue weighted by atomic mass is 32.2. The Kier molecular flexibility index (Phi) is 5.77. The number of sulfonamides is 1. The van der Waals surface area contributed by atoms with Gasteiger partial charge in [0.15, 0.2) is 11.5 Å². The van der Waals surface area contributed by atoms with Crippen LogP contribution in [0.4, 0.5) is 5.69 Å². The number of rotatable bonds is 6. The van der Waals surface area contributed by atoms with Gasteiger partial charge in [-0.3, -0.25) is 4.79 Å². The maximum atomic E-state index is 13.3. The maximum Gasteiger partial charge on any atom is 0.286 e. The Morgan fingerprint density at radius 3 is 2.73 bits per heavy atom. The molecule has 0 unspecified atom stereocenters. The lowest BCUT2D eigenvalue weighted by Crippen LogP contribution is -2.30. The zero-order valence-electron chi connectivity index (χ0n) is 17.9. The topological polar surface area (TPSA) is 111 Å². The number of aromatic nitrogens is 2. The average molecular weight is 487 g/mol. The minimum Gasteiger partial charge on any atom is -0.454 e. The van der Waals surface area contributed by atoms with Crippen LogP contribution < -0.4 is 14.8 Å². The van der Waals surface area contributed by atoms with Crippen LogP contribution >= 0.6 is 11.3 Å². The number of amides is 1. The third-order valence-corrected chi connectivity index (χ3v) is 8.64. The van der Waals surface area contributed by atoms with Gasteiger partial charge < -0.3 is 14.8 Å². The van der Waals surface area contributed by atoms with Gasteiger partial charge in [-0.15, -0.1) is 10.2 Å². The van der Waals surface area contributed by atoms with E-state index >= 15 is 0 Å². The van der Waals surface area contributed by atoms with E-state index in [-0.39, 0.29) is 16.7 Å². The summed E-state index contributed by atoms with van der Waals surface area (Å²) >= 11 is 1.11. The molecule has 2 aromatic carbocycles. The summed E-state index contributed by atoms with van der Waals surface area (Å²) in [5, 5.41) is 11.6. The van der Waals surface area contributed by atoms with E-state index in [1.165, 1.54) is 4.31 Å². The number of benzene rings is 2. The molecule has 1 N–H and O–H groups in total. The van der Waals surface area contributed by atoms with Crippen molar-refractivity contribution in [2.24, 2.45) is 0 Å². The van der Waals surface area contributed by atoms with Crippen LogP contribution in [0.15, 0.2) is 47.4 Å². The fourth-order valence-electron chi connectivity index (χ4n) is 3.93. The van der Waals surface area contributed by atoms with E-state index in [9.17, 15) is 13.2 Å². The molecule has 33 heavy (non-hydrogen) atoms. The molecule has 2 aliphatic rings. The molecule has 0 aliphatic carbocycles. The lowest BCUT2D eigenvalue weighted by molar-refractivity contribution is 0.102. The van der Waals surface area contributed by atoms with Crippen LogP contribution in [-0.2, 0) is 16.4 Å². The zero-order valence-corrected chi connectivity index (χ0v) is 19.5. The van der Waals surface area contributed by atoms with E-state index in [1.54, 1.807) is 30.3 Å². The number of carbonyl (C=O) groups excluding carboxylic acids is 1. The molecule has 1 amide bonds. The number of hydrogen-bond donors (Lipinski definition) is 1. The largest absolute Gasteiger partial charge is 0.454 e. The number of anilines is 1. The van der Waals surface area contributed by atoms with Crippen molar-refractivity contribution in [1.29, 1.82) is 0 Å². The van der Waals surface area contributed by atoms with E-state index < -0.39 is 22.0 Å². The highest BCUT2D eigenvalue weighted by molar-refractivity contribution is 7.89. The van der Waals surface area contributed by atoms with Crippen molar-refractivity contribution in [3.05, 3.63) is 58.0 Å². The molecule has 0 bridgehead atoms. The van der Waals surface area contributed by atoms with E-state index in [4.69, 9.17) is 9.47 Å². The predicted molar refractivity (Wildman–Crippen MR) is 122 cm³/mol. The Morgan fingerprint density at radius 2 is 1.94 bits per heavy atom. The van der Waals surface area contributed by atoms with E-state index in [0.717, 1.165) is 29.7 Å². The molecule has 0 spiro atoms. The highest BCUT2D eigenvalue weighted by Crippen LogP contribution is 2.38. The Labute approximate surface area is 195 Å². The minimum atomic E-state index is -3.68. The van der Waals surface area contributed by atoms with E-state index in [0.29, 0.717) is 35.2 Å². The molecule has 1 aromatic heterocycles. The first-order valence-electron chi connectivity index (χ1n) is 10.6. The molecule has 1 atom stereocenters. The Morgan fingerprint density at radius 1 is 1.15 bits per heavy atom. The van der Waals surface area contributed by atoms with Crippen molar-refractivity contribution in [2.75, 3.05) is 18.7 Å². The summed E-state index contributed by atoms with van der Waals surface area (Å²) in [5.41, 5.74) is 1.62. The Bertz CT molecular complexity index is 1290. The van der Waals surface area contributed by atoms with Gasteiger partial charge in [0.2, 0.25) is 21.8 Å². The molecule has 0 saturated carbocycles. The van der Waals surface area contributed by atoms with Gasteiger partial charge in [-0.2, -0.15) is 4.31 Å². The maximum absolute atomic E-state index is 13.3. The summed E-state index contributed by atoms with van der Waals surface area (Å²) in [5.74, 6) is 0.766.